The molecule has 0 unspecified atom stereocenters. The third-order valence-corrected chi connectivity index (χ3v) is 4.32. The number of alkyl halides is 1. The molecule has 0 aliphatic carbocycles. The van der Waals surface area contributed by atoms with Crippen molar-refractivity contribution in [3.05, 3.63) is 33.1 Å². The van der Waals surface area contributed by atoms with Crippen LogP contribution >= 0.6 is 43.2 Å². The van der Waals surface area contributed by atoms with Crippen LogP contribution in [0.25, 0.3) is 10.1 Å². The molecule has 1 aromatic heterocycles. The molecule has 14 heavy (non-hydrogen) atoms. The lowest BCUT2D eigenvalue weighted by Crippen LogP contribution is -1.80. The monoisotopic (exact) mass is 329 g/mol. The summed E-state index contributed by atoms with van der Waals surface area (Å²) in [6, 6.07) is 8.08. The fraction of sp³-hybridized carbons (Fsp3) is 0.100. The number of hydrogen-bond donors (Lipinski definition) is 0. The Kier molecular flexibility index (Phi) is 2.91. The predicted molar refractivity (Wildman–Crippen MR) is 66.9 cm³/mol. The van der Waals surface area contributed by atoms with Crippen molar-refractivity contribution in [2.45, 2.75) is 5.33 Å². The van der Waals surface area contributed by atoms with E-state index in [-0.39, 0.29) is 0 Å². The molecular weight excluding hydrogens is 326 g/mol. The summed E-state index contributed by atoms with van der Waals surface area (Å²) in [6.07, 6.45) is 0. The molecule has 0 fully saturated rings. The van der Waals surface area contributed by atoms with Crippen LogP contribution in [-0.2, 0) is 5.33 Å². The summed E-state index contributed by atoms with van der Waals surface area (Å²) in [5, 5.41) is 10.8. The Hall–Kier alpha value is -0.370. The highest BCUT2D eigenvalue weighted by atomic mass is 79.9. The summed E-state index contributed by atoms with van der Waals surface area (Å²) >= 11 is 8.56. The molecule has 4 heteroatoms. The summed E-state index contributed by atoms with van der Waals surface area (Å²) in [7, 11) is 0. The molecule has 0 N–H and O–H groups in total. The third kappa shape index (κ3) is 1.60. The van der Waals surface area contributed by atoms with Gasteiger partial charge in [0.05, 0.1) is 15.4 Å². The first-order valence-electron chi connectivity index (χ1n) is 3.93. The molecule has 70 valence electrons. The summed E-state index contributed by atoms with van der Waals surface area (Å²) in [4.78, 5) is 0. The molecule has 2 aromatic rings. The maximum absolute atomic E-state index is 8.94. The minimum absolute atomic E-state index is 0.742. The number of halogens is 2. The van der Waals surface area contributed by atoms with Crippen molar-refractivity contribution in [2.75, 3.05) is 0 Å². The van der Waals surface area contributed by atoms with Gasteiger partial charge >= 0.3 is 0 Å². The summed E-state index contributed by atoms with van der Waals surface area (Å²) in [6.45, 7) is 0. The number of nitrogens with zero attached hydrogens (tertiary/aromatic N) is 1. The second kappa shape index (κ2) is 4.01. The first-order chi connectivity index (χ1) is 6.76. The van der Waals surface area contributed by atoms with Crippen molar-refractivity contribution in [1.29, 1.82) is 5.26 Å². The van der Waals surface area contributed by atoms with Crippen LogP contribution in [0.2, 0.25) is 0 Å². The second-order valence-electron chi connectivity index (χ2n) is 2.81. The Labute approximate surface area is 103 Å². The van der Waals surface area contributed by atoms with Crippen LogP contribution in [0.3, 0.4) is 0 Å². The summed E-state index contributed by atoms with van der Waals surface area (Å²) in [5.74, 6) is 0. The van der Waals surface area contributed by atoms with Crippen LogP contribution in [0.4, 0.5) is 0 Å². The fourth-order valence-corrected chi connectivity index (χ4v) is 3.64. The van der Waals surface area contributed by atoms with Gasteiger partial charge in [-0.15, -0.1) is 11.3 Å². The molecule has 0 spiro atoms. The van der Waals surface area contributed by atoms with Gasteiger partial charge in [0.2, 0.25) is 0 Å². The minimum Gasteiger partial charge on any atom is -0.192 e. The topological polar surface area (TPSA) is 23.8 Å². The van der Waals surface area contributed by atoms with Crippen LogP contribution in [0.1, 0.15) is 11.1 Å². The van der Waals surface area contributed by atoms with E-state index in [0.717, 1.165) is 20.1 Å². The molecule has 0 amide bonds. The first-order valence-corrected chi connectivity index (χ1v) is 6.66. The molecular formula is C10H5Br2NS. The number of nitriles is 1. The van der Waals surface area contributed by atoms with Crippen LogP contribution in [0.15, 0.2) is 22.0 Å². The standard InChI is InChI=1S/C10H5Br2NS/c11-4-6-1-2-7(5-13)8-3-9(12)14-10(6)8/h1-3H,4H2. The quantitative estimate of drug-likeness (QED) is 0.709. The van der Waals surface area contributed by atoms with Gasteiger partial charge in [-0.3, -0.25) is 0 Å². The number of rotatable bonds is 1. The highest BCUT2D eigenvalue weighted by Crippen LogP contribution is 2.35. The average Bonchev–Trinajstić information content (AvgIpc) is 2.57. The van der Waals surface area contributed by atoms with Crippen molar-refractivity contribution in [2.24, 2.45) is 0 Å². The largest absolute Gasteiger partial charge is 0.192 e. The molecule has 1 aromatic carbocycles. The Morgan fingerprint density at radius 3 is 2.86 bits per heavy atom. The van der Waals surface area contributed by atoms with Gasteiger partial charge in [-0.05, 0) is 33.6 Å². The molecule has 1 heterocycles. The zero-order chi connectivity index (χ0) is 10.1. The van der Waals surface area contributed by atoms with E-state index in [1.54, 1.807) is 11.3 Å². The van der Waals surface area contributed by atoms with Gasteiger partial charge in [0.1, 0.15) is 0 Å². The molecule has 0 atom stereocenters. The van der Waals surface area contributed by atoms with E-state index < -0.39 is 0 Å². The highest BCUT2D eigenvalue weighted by molar-refractivity contribution is 9.11. The van der Waals surface area contributed by atoms with Crippen LogP contribution in [0.5, 0.6) is 0 Å². The lowest BCUT2D eigenvalue weighted by Gasteiger charge is -1.98. The Balaban J connectivity index is 2.86. The van der Waals surface area contributed by atoms with Gasteiger partial charge in [0.25, 0.3) is 0 Å². The van der Waals surface area contributed by atoms with E-state index in [4.69, 9.17) is 5.26 Å². The molecule has 0 saturated heterocycles. The molecule has 0 bridgehead atoms. The van der Waals surface area contributed by atoms with Crippen molar-refractivity contribution < 1.29 is 0 Å². The molecule has 0 saturated carbocycles. The van der Waals surface area contributed by atoms with Crippen LogP contribution < -0.4 is 0 Å². The second-order valence-corrected chi connectivity index (χ2v) is 5.80. The summed E-state index contributed by atoms with van der Waals surface area (Å²) < 4.78 is 2.25. The average molecular weight is 331 g/mol. The maximum Gasteiger partial charge on any atom is 0.0998 e. The fourth-order valence-electron chi connectivity index (χ4n) is 1.35. The highest BCUT2D eigenvalue weighted by Gasteiger charge is 2.08. The number of hydrogen-bond acceptors (Lipinski definition) is 2. The van der Waals surface area contributed by atoms with E-state index in [1.807, 2.05) is 18.2 Å². The predicted octanol–water partition coefficient (Wildman–Crippen LogP) is 4.43. The zero-order valence-electron chi connectivity index (χ0n) is 7.05. The molecule has 0 radical (unpaired) electrons. The first kappa shape index (κ1) is 10.2. The van der Waals surface area contributed by atoms with E-state index in [9.17, 15) is 0 Å². The normalized spacial score (nSPS) is 10.4. The van der Waals surface area contributed by atoms with Gasteiger partial charge < -0.3 is 0 Å². The Morgan fingerprint density at radius 2 is 2.21 bits per heavy atom. The molecule has 1 nitrogen and oxygen atoms in total. The molecule has 2 rings (SSSR count). The van der Waals surface area contributed by atoms with E-state index >= 15 is 0 Å². The number of fused-ring (bicyclic) bond motifs is 1. The lowest BCUT2D eigenvalue weighted by atomic mass is 10.1. The minimum atomic E-state index is 0.742. The van der Waals surface area contributed by atoms with E-state index in [1.165, 1.54) is 10.3 Å². The van der Waals surface area contributed by atoms with Gasteiger partial charge in [-0.1, -0.05) is 22.0 Å². The SMILES string of the molecule is N#Cc1ccc(CBr)c2sc(Br)cc12. The van der Waals surface area contributed by atoms with Gasteiger partial charge in [0.15, 0.2) is 0 Å². The van der Waals surface area contributed by atoms with Gasteiger partial charge in [0, 0.05) is 15.4 Å². The van der Waals surface area contributed by atoms with E-state index in [0.29, 0.717) is 0 Å². The Morgan fingerprint density at radius 1 is 1.43 bits per heavy atom. The van der Waals surface area contributed by atoms with Gasteiger partial charge in [-0.2, -0.15) is 5.26 Å². The van der Waals surface area contributed by atoms with Crippen molar-refractivity contribution in [3.8, 4) is 6.07 Å². The zero-order valence-corrected chi connectivity index (χ0v) is 11.0. The summed E-state index contributed by atoms with van der Waals surface area (Å²) in [5.41, 5.74) is 1.97. The van der Waals surface area contributed by atoms with Crippen LogP contribution in [-0.4, -0.2) is 0 Å². The number of thiophene rings is 1. The van der Waals surface area contributed by atoms with Crippen molar-refractivity contribution in [3.63, 3.8) is 0 Å². The lowest BCUT2D eigenvalue weighted by molar-refractivity contribution is 1.47. The smallest absolute Gasteiger partial charge is 0.0998 e. The van der Waals surface area contributed by atoms with Gasteiger partial charge in [-0.25, -0.2) is 0 Å². The van der Waals surface area contributed by atoms with Crippen LogP contribution in [0, 0.1) is 11.3 Å². The van der Waals surface area contributed by atoms with Crippen molar-refractivity contribution in [1.82, 2.24) is 0 Å². The maximum atomic E-state index is 8.94. The van der Waals surface area contributed by atoms with E-state index in [2.05, 4.69) is 37.9 Å². The molecule has 0 aliphatic heterocycles. The van der Waals surface area contributed by atoms with Crippen molar-refractivity contribution >= 4 is 53.3 Å². The Bertz CT molecular complexity index is 525. The third-order valence-electron chi connectivity index (χ3n) is 2.00. The number of benzene rings is 1. The molecule has 0 aliphatic rings.